The second kappa shape index (κ2) is 30.1. The van der Waals surface area contributed by atoms with E-state index < -0.39 is 27.2 Å². The van der Waals surface area contributed by atoms with Crippen LogP contribution in [0.15, 0.2) is 77.7 Å². The minimum atomic E-state index is -3.75. The van der Waals surface area contributed by atoms with Gasteiger partial charge in [0.15, 0.2) is 22.9 Å². The van der Waals surface area contributed by atoms with Gasteiger partial charge in [0.05, 0.1) is 29.3 Å². The molecule has 0 heterocycles. The number of ketones is 2. The number of rotatable bonds is 21. The van der Waals surface area contributed by atoms with Gasteiger partial charge in [-0.25, -0.2) is 8.42 Å². The number of ether oxygens (including phenoxy) is 1. The van der Waals surface area contributed by atoms with Crippen molar-refractivity contribution < 1.29 is 41.9 Å². The van der Waals surface area contributed by atoms with Crippen molar-refractivity contribution in [2.24, 2.45) is 11.8 Å². The number of sulfone groups is 1. The quantitative estimate of drug-likeness (QED) is 0.0508. The molecule has 0 saturated carbocycles. The van der Waals surface area contributed by atoms with Crippen LogP contribution in [0.1, 0.15) is 128 Å². The van der Waals surface area contributed by atoms with Gasteiger partial charge in [-0.05, 0) is 98.9 Å². The molecule has 65 heavy (non-hydrogen) atoms. The maximum atomic E-state index is 13.7. The van der Waals surface area contributed by atoms with Crippen LogP contribution >= 0.6 is 0 Å². The SMILES string of the molecule is CC.CC(=O)CNC=O.CCC(=O)NC(C)C(C)C.Cc1ccc([B]CC(CS(=O)(=O)c2ccc(C)cc2)C(=O)c2ccc(C(=O)NCC(=O)NC(C)(C)CCOC(C)(C)C)cc2)cc1. The lowest BCUT2D eigenvalue weighted by Crippen LogP contribution is -2.48. The molecule has 4 N–H and O–H groups in total. The smallest absolute Gasteiger partial charge is 0.251 e. The summed E-state index contributed by atoms with van der Waals surface area (Å²) in [6, 6.07) is 20.7. The van der Waals surface area contributed by atoms with E-state index in [2.05, 4.69) is 35.1 Å². The monoisotopic (exact) mass is 920 g/mol. The minimum Gasteiger partial charge on any atom is -0.376 e. The first kappa shape index (κ1) is 59.9. The van der Waals surface area contributed by atoms with Gasteiger partial charge >= 0.3 is 0 Å². The summed E-state index contributed by atoms with van der Waals surface area (Å²) in [4.78, 5) is 69.4. The molecule has 0 aliphatic rings. The fraction of sp³-hybridized carbons (Fsp3) is 0.520. The fourth-order valence-electron chi connectivity index (χ4n) is 5.43. The Labute approximate surface area is 390 Å². The van der Waals surface area contributed by atoms with E-state index in [-0.39, 0.29) is 64.6 Å². The van der Waals surface area contributed by atoms with Crippen molar-refractivity contribution >= 4 is 58.3 Å². The van der Waals surface area contributed by atoms with Crippen molar-refractivity contribution in [3.63, 3.8) is 0 Å². The van der Waals surface area contributed by atoms with E-state index in [1.807, 2.05) is 108 Å². The van der Waals surface area contributed by atoms with Gasteiger partial charge < -0.3 is 26.0 Å². The standard InChI is InChI=1S/C36H46BN2O6S.C8H17NO.C4H7NO2.C2H6/c1-25-8-16-30(17-9-25)37-22-29(24-46(43,44)31-18-10-26(2)11-19-31)33(41)27-12-14-28(15-13-27)34(42)38-23-32(40)39-36(6,7)20-21-45-35(3,4)5;1-5-8(10)9-7(4)6(2)3;1-4(7)2-5-3-6;1-2/h8-19,29H,20-24H2,1-7H3,(H,38,42)(H,39,40);6-7H,5H2,1-4H3,(H,9,10);3H,2H2,1H3,(H,5,6);1-2H3. The second-order valence-corrected chi connectivity index (χ2v) is 19.6. The van der Waals surface area contributed by atoms with E-state index in [0.717, 1.165) is 16.6 Å². The zero-order chi connectivity index (χ0) is 50.0. The summed E-state index contributed by atoms with van der Waals surface area (Å²) < 4.78 is 32.4. The first-order valence-electron chi connectivity index (χ1n) is 22.3. The number of hydrogen-bond acceptors (Lipinski definition) is 9. The Hall–Kier alpha value is -5.15. The van der Waals surface area contributed by atoms with Crippen LogP contribution < -0.4 is 26.7 Å². The summed E-state index contributed by atoms with van der Waals surface area (Å²) in [7, 11) is -1.88. The highest BCUT2D eigenvalue weighted by Gasteiger charge is 2.28. The Balaban J connectivity index is 0.00000180. The summed E-state index contributed by atoms with van der Waals surface area (Å²) in [5, 5.41) is 10.6. The molecule has 0 aliphatic heterocycles. The molecule has 0 fully saturated rings. The van der Waals surface area contributed by atoms with Crippen molar-refractivity contribution in [1.29, 1.82) is 0 Å². The number of Topliss-reactive ketones (excluding diaryl/α,β-unsaturated/α-hetero) is 2. The summed E-state index contributed by atoms with van der Waals surface area (Å²) in [5.41, 5.74) is 2.72. The lowest BCUT2D eigenvalue weighted by atomic mass is 9.63. The van der Waals surface area contributed by atoms with Crippen LogP contribution in [-0.2, 0) is 33.8 Å². The minimum absolute atomic E-state index is 0.0351. The third-order valence-corrected chi connectivity index (χ3v) is 11.4. The Morgan fingerprint density at radius 2 is 1.29 bits per heavy atom. The highest BCUT2D eigenvalue weighted by atomic mass is 32.2. The Kier molecular flexibility index (Phi) is 27.7. The maximum Gasteiger partial charge on any atom is 0.251 e. The topological polar surface area (TPSA) is 194 Å². The van der Waals surface area contributed by atoms with Crippen LogP contribution in [0.4, 0.5) is 0 Å². The van der Waals surface area contributed by atoms with Gasteiger partial charge in [-0.15, -0.1) is 0 Å². The highest BCUT2D eigenvalue weighted by Crippen LogP contribution is 2.22. The number of carbonyl (C=O) groups excluding carboxylic acids is 6. The number of carbonyl (C=O) groups is 6. The third-order valence-electron chi connectivity index (χ3n) is 9.61. The van der Waals surface area contributed by atoms with Gasteiger partial charge in [0.25, 0.3) is 5.91 Å². The van der Waals surface area contributed by atoms with Crippen LogP contribution in [0.25, 0.3) is 0 Å². The number of aryl methyl sites for hydroxylation is 2. The molecule has 3 rings (SSSR count). The largest absolute Gasteiger partial charge is 0.376 e. The molecule has 1 radical (unpaired) electrons. The molecule has 0 spiro atoms. The zero-order valence-electron chi connectivity index (χ0n) is 41.3. The van der Waals surface area contributed by atoms with Crippen LogP contribution in [0.3, 0.4) is 0 Å². The summed E-state index contributed by atoms with van der Waals surface area (Å²) in [6.45, 7) is 27.5. The van der Waals surface area contributed by atoms with E-state index in [1.54, 1.807) is 24.3 Å². The summed E-state index contributed by atoms with van der Waals surface area (Å²) in [5.74, 6) is -1.69. The zero-order valence-corrected chi connectivity index (χ0v) is 42.2. The van der Waals surface area contributed by atoms with Crippen LogP contribution in [0.2, 0.25) is 6.32 Å². The van der Waals surface area contributed by atoms with E-state index in [1.165, 1.54) is 31.2 Å². The van der Waals surface area contributed by atoms with Gasteiger partial charge in [0.2, 0.25) is 18.2 Å². The molecule has 15 heteroatoms. The third kappa shape index (κ3) is 26.4. The van der Waals surface area contributed by atoms with E-state index in [4.69, 9.17) is 4.74 Å². The van der Waals surface area contributed by atoms with Gasteiger partial charge in [-0.1, -0.05) is 106 Å². The molecule has 0 aromatic heterocycles. The maximum absolute atomic E-state index is 13.7. The van der Waals surface area contributed by atoms with Crippen molar-refractivity contribution in [3.05, 3.63) is 95.1 Å². The molecule has 0 bridgehead atoms. The molecule has 3 aromatic carbocycles. The average Bonchev–Trinajstić information content (AvgIpc) is 3.24. The summed E-state index contributed by atoms with van der Waals surface area (Å²) >= 11 is 0. The Morgan fingerprint density at radius 1 is 0.769 bits per heavy atom. The predicted octanol–water partition coefficient (Wildman–Crippen LogP) is 6.76. The average molecular weight is 920 g/mol. The van der Waals surface area contributed by atoms with Crippen LogP contribution in [0, 0.1) is 25.7 Å². The number of amides is 4. The van der Waals surface area contributed by atoms with E-state index in [0.29, 0.717) is 43.4 Å². The lowest BCUT2D eigenvalue weighted by Gasteiger charge is -2.28. The van der Waals surface area contributed by atoms with Crippen molar-refractivity contribution in [2.45, 2.75) is 138 Å². The number of nitrogens with one attached hydrogen (secondary N) is 4. The van der Waals surface area contributed by atoms with Crippen molar-refractivity contribution in [3.8, 4) is 0 Å². The molecular formula is C50H76BN4O9S. The lowest BCUT2D eigenvalue weighted by molar-refractivity contribution is -0.122. The van der Waals surface area contributed by atoms with Crippen molar-refractivity contribution in [1.82, 2.24) is 21.3 Å². The molecule has 2 unspecified atom stereocenters. The van der Waals surface area contributed by atoms with Gasteiger partial charge in [0.1, 0.15) is 5.78 Å². The first-order chi connectivity index (χ1) is 30.3. The molecule has 0 aliphatic carbocycles. The molecule has 0 saturated heterocycles. The van der Waals surface area contributed by atoms with Crippen LogP contribution in [0.5, 0.6) is 0 Å². The molecule has 3 aromatic rings. The van der Waals surface area contributed by atoms with Crippen LogP contribution in [-0.4, -0.2) is 94.0 Å². The van der Waals surface area contributed by atoms with Crippen molar-refractivity contribution in [2.75, 3.05) is 25.4 Å². The van der Waals surface area contributed by atoms with E-state index >= 15 is 0 Å². The highest BCUT2D eigenvalue weighted by molar-refractivity contribution is 7.91. The Bertz CT molecular complexity index is 2030. The number of benzene rings is 3. The predicted molar refractivity (Wildman–Crippen MR) is 263 cm³/mol. The van der Waals surface area contributed by atoms with E-state index in [9.17, 15) is 37.2 Å². The Morgan fingerprint density at radius 3 is 1.75 bits per heavy atom. The fourth-order valence-corrected chi connectivity index (χ4v) is 6.99. The molecule has 13 nitrogen and oxygen atoms in total. The molecule has 2 atom stereocenters. The number of hydrogen-bond donors (Lipinski definition) is 4. The van der Waals surface area contributed by atoms with Gasteiger partial charge in [0, 0.05) is 41.7 Å². The normalized spacial score (nSPS) is 11.9. The molecule has 4 amide bonds. The molecule has 359 valence electrons. The molecular weight excluding hydrogens is 843 g/mol. The summed E-state index contributed by atoms with van der Waals surface area (Å²) in [6.07, 6.45) is 1.91. The van der Waals surface area contributed by atoms with Gasteiger partial charge in [-0.2, -0.15) is 0 Å². The first-order valence-corrected chi connectivity index (χ1v) is 24.0. The second-order valence-electron chi connectivity index (χ2n) is 17.6. The van der Waals surface area contributed by atoms with Gasteiger partial charge in [-0.3, -0.25) is 28.8 Å².